The van der Waals surface area contributed by atoms with Crippen molar-refractivity contribution in [3.63, 3.8) is 0 Å². The second kappa shape index (κ2) is 9.92. The van der Waals surface area contributed by atoms with Crippen molar-refractivity contribution in [3.8, 4) is 5.69 Å². The van der Waals surface area contributed by atoms with E-state index >= 15 is 0 Å². The van der Waals surface area contributed by atoms with E-state index < -0.39 is 5.69 Å². The number of furan rings is 1. The molecule has 0 bridgehead atoms. The zero-order valence-electron chi connectivity index (χ0n) is 19.8. The highest BCUT2D eigenvalue weighted by Crippen LogP contribution is 2.15. The molecule has 1 amide bonds. The molecular formula is C29H25N3O4. The minimum absolute atomic E-state index is 0.150. The Morgan fingerprint density at radius 3 is 2.39 bits per heavy atom. The molecule has 36 heavy (non-hydrogen) atoms. The lowest BCUT2D eigenvalue weighted by Gasteiger charge is -2.15. The lowest BCUT2D eigenvalue weighted by atomic mass is 10.1. The molecule has 0 saturated carbocycles. The summed E-state index contributed by atoms with van der Waals surface area (Å²) >= 11 is 0. The predicted octanol–water partition coefficient (Wildman–Crippen LogP) is 3.96. The van der Waals surface area contributed by atoms with Gasteiger partial charge < -0.3 is 9.73 Å². The molecule has 2 aromatic heterocycles. The second-order valence-electron chi connectivity index (χ2n) is 8.65. The molecular weight excluding hydrogens is 454 g/mol. The maximum atomic E-state index is 13.6. The van der Waals surface area contributed by atoms with Crippen molar-refractivity contribution in [2.45, 2.75) is 26.4 Å². The summed E-state index contributed by atoms with van der Waals surface area (Å²) in [5.74, 6) is 0.527. The molecule has 0 unspecified atom stereocenters. The van der Waals surface area contributed by atoms with Crippen LogP contribution in [0, 0.1) is 6.92 Å². The Hall–Kier alpha value is -4.65. The molecule has 0 spiro atoms. The quantitative estimate of drug-likeness (QED) is 0.383. The standard InChI is InChI=1S/C29H25N3O4/c1-20-7-2-3-8-22(20)19-31-26-11-5-4-10-25(26)28(34)32(29(31)35)23-14-12-21(13-15-23)17-27(33)30-18-24-9-6-16-36-24/h2-16H,17-19H2,1H3,(H,30,33). The van der Waals surface area contributed by atoms with Crippen LogP contribution < -0.4 is 16.6 Å². The van der Waals surface area contributed by atoms with Gasteiger partial charge in [0.15, 0.2) is 0 Å². The molecule has 0 atom stereocenters. The molecule has 7 heteroatoms. The Balaban J connectivity index is 1.47. The smallest absolute Gasteiger partial charge is 0.336 e. The molecule has 5 aromatic rings. The van der Waals surface area contributed by atoms with Crippen LogP contribution in [-0.2, 0) is 24.3 Å². The number of rotatable bonds is 7. The molecule has 0 aliphatic rings. The van der Waals surface area contributed by atoms with Crippen LogP contribution in [-0.4, -0.2) is 15.0 Å². The van der Waals surface area contributed by atoms with Gasteiger partial charge in [-0.2, -0.15) is 0 Å². The first-order valence-electron chi connectivity index (χ1n) is 11.7. The third-order valence-electron chi connectivity index (χ3n) is 6.24. The largest absolute Gasteiger partial charge is 0.467 e. The number of fused-ring (bicyclic) bond motifs is 1. The van der Waals surface area contributed by atoms with Crippen LogP contribution in [0.3, 0.4) is 0 Å². The fraction of sp³-hybridized carbons (Fsp3) is 0.138. The number of aromatic nitrogens is 2. The maximum Gasteiger partial charge on any atom is 0.336 e. The number of para-hydroxylation sites is 1. The highest BCUT2D eigenvalue weighted by molar-refractivity contribution is 5.79. The zero-order valence-corrected chi connectivity index (χ0v) is 19.8. The predicted molar refractivity (Wildman–Crippen MR) is 138 cm³/mol. The van der Waals surface area contributed by atoms with Crippen molar-refractivity contribution in [2.24, 2.45) is 0 Å². The molecule has 7 nitrogen and oxygen atoms in total. The van der Waals surface area contributed by atoms with Gasteiger partial charge in [0.05, 0.1) is 42.4 Å². The lowest BCUT2D eigenvalue weighted by molar-refractivity contribution is -0.120. The fourth-order valence-corrected chi connectivity index (χ4v) is 4.27. The summed E-state index contributed by atoms with van der Waals surface area (Å²) in [5, 5.41) is 3.28. The van der Waals surface area contributed by atoms with E-state index in [-0.39, 0.29) is 17.9 Å². The average Bonchev–Trinajstić information content (AvgIpc) is 3.41. The van der Waals surface area contributed by atoms with Crippen LogP contribution in [0.1, 0.15) is 22.5 Å². The number of hydrogen-bond donors (Lipinski definition) is 1. The summed E-state index contributed by atoms with van der Waals surface area (Å²) in [7, 11) is 0. The van der Waals surface area contributed by atoms with Crippen molar-refractivity contribution >= 4 is 16.8 Å². The van der Waals surface area contributed by atoms with Gasteiger partial charge in [0.1, 0.15) is 5.76 Å². The van der Waals surface area contributed by atoms with Crippen molar-refractivity contribution in [1.29, 1.82) is 0 Å². The van der Waals surface area contributed by atoms with Gasteiger partial charge in [-0.05, 0) is 60.0 Å². The molecule has 0 aliphatic heterocycles. The summed E-state index contributed by atoms with van der Waals surface area (Å²) in [5.41, 5.74) is 3.11. The van der Waals surface area contributed by atoms with Crippen LogP contribution in [0.5, 0.6) is 0 Å². The number of benzene rings is 3. The number of carbonyl (C=O) groups is 1. The molecule has 3 aromatic carbocycles. The number of hydrogen-bond acceptors (Lipinski definition) is 4. The van der Waals surface area contributed by atoms with Crippen molar-refractivity contribution in [2.75, 3.05) is 0 Å². The Morgan fingerprint density at radius 1 is 0.889 bits per heavy atom. The van der Waals surface area contributed by atoms with Gasteiger partial charge in [-0.25, -0.2) is 9.36 Å². The maximum absolute atomic E-state index is 13.6. The average molecular weight is 480 g/mol. The monoisotopic (exact) mass is 479 g/mol. The van der Waals surface area contributed by atoms with Crippen LogP contribution in [0.4, 0.5) is 0 Å². The first-order chi connectivity index (χ1) is 17.5. The molecule has 0 radical (unpaired) electrons. The molecule has 2 heterocycles. The van der Waals surface area contributed by atoms with Crippen molar-refractivity contribution in [1.82, 2.24) is 14.5 Å². The van der Waals surface area contributed by atoms with Crippen molar-refractivity contribution in [3.05, 3.63) is 134 Å². The van der Waals surface area contributed by atoms with E-state index in [1.54, 1.807) is 65.4 Å². The number of amides is 1. The van der Waals surface area contributed by atoms with Crippen LogP contribution in [0.25, 0.3) is 16.6 Å². The summed E-state index contributed by atoms with van der Waals surface area (Å²) in [6, 6.07) is 25.5. The number of nitrogens with zero attached hydrogens (tertiary/aromatic N) is 2. The van der Waals surface area contributed by atoms with Gasteiger partial charge in [-0.3, -0.25) is 14.2 Å². The third kappa shape index (κ3) is 4.63. The topological polar surface area (TPSA) is 86.2 Å². The Morgan fingerprint density at radius 2 is 1.64 bits per heavy atom. The number of nitrogens with one attached hydrogen (secondary N) is 1. The summed E-state index contributed by atoms with van der Waals surface area (Å²) in [6.07, 6.45) is 1.73. The number of aryl methyl sites for hydroxylation is 1. The van der Waals surface area contributed by atoms with Gasteiger partial charge in [0, 0.05) is 0 Å². The Bertz CT molecular complexity index is 1650. The molecule has 180 valence electrons. The van der Waals surface area contributed by atoms with Crippen LogP contribution >= 0.6 is 0 Å². The van der Waals surface area contributed by atoms with Gasteiger partial charge in [-0.1, -0.05) is 48.5 Å². The minimum atomic E-state index is -0.411. The zero-order chi connectivity index (χ0) is 25.1. The SMILES string of the molecule is Cc1ccccc1Cn1c(=O)n(-c2ccc(CC(=O)NCc3ccco3)cc2)c(=O)c2ccccc21. The normalized spacial score (nSPS) is 11.0. The lowest BCUT2D eigenvalue weighted by Crippen LogP contribution is -2.39. The summed E-state index contributed by atoms with van der Waals surface area (Å²) < 4.78 is 8.06. The van der Waals surface area contributed by atoms with E-state index in [2.05, 4.69) is 5.32 Å². The van der Waals surface area contributed by atoms with Gasteiger partial charge in [0.25, 0.3) is 5.56 Å². The molecule has 1 N–H and O–H groups in total. The van der Waals surface area contributed by atoms with E-state index in [9.17, 15) is 14.4 Å². The van der Waals surface area contributed by atoms with Gasteiger partial charge >= 0.3 is 5.69 Å². The molecule has 0 saturated heterocycles. The molecule has 0 fully saturated rings. The van der Waals surface area contributed by atoms with E-state index in [0.29, 0.717) is 35.4 Å². The third-order valence-corrected chi connectivity index (χ3v) is 6.24. The Labute approximate surface area is 207 Å². The van der Waals surface area contributed by atoms with E-state index in [1.807, 2.05) is 37.3 Å². The van der Waals surface area contributed by atoms with E-state index in [4.69, 9.17) is 4.42 Å². The van der Waals surface area contributed by atoms with Gasteiger partial charge in [0.2, 0.25) is 5.91 Å². The summed E-state index contributed by atoms with van der Waals surface area (Å²) in [4.78, 5) is 39.3. The first kappa shape index (κ1) is 23.1. The minimum Gasteiger partial charge on any atom is -0.467 e. The molecule has 0 aliphatic carbocycles. The van der Waals surface area contributed by atoms with E-state index in [1.165, 1.54) is 4.57 Å². The van der Waals surface area contributed by atoms with Crippen LogP contribution in [0.2, 0.25) is 0 Å². The highest BCUT2D eigenvalue weighted by Gasteiger charge is 2.15. The molecule has 5 rings (SSSR count). The summed E-state index contributed by atoms with van der Waals surface area (Å²) in [6.45, 7) is 2.67. The first-order valence-corrected chi connectivity index (χ1v) is 11.7. The highest BCUT2D eigenvalue weighted by atomic mass is 16.3. The van der Waals surface area contributed by atoms with Gasteiger partial charge in [-0.15, -0.1) is 0 Å². The fourth-order valence-electron chi connectivity index (χ4n) is 4.27. The van der Waals surface area contributed by atoms with Crippen molar-refractivity contribution < 1.29 is 9.21 Å². The second-order valence-corrected chi connectivity index (χ2v) is 8.65. The van der Waals surface area contributed by atoms with E-state index in [0.717, 1.165) is 16.7 Å². The Kier molecular flexibility index (Phi) is 6.36. The number of carbonyl (C=O) groups excluding carboxylic acids is 1. The van der Waals surface area contributed by atoms with Crippen LogP contribution in [0.15, 0.2) is 105 Å².